The minimum absolute atomic E-state index is 0.0303. The van der Waals surface area contributed by atoms with Gasteiger partial charge in [-0.05, 0) is 48.2 Å². The molecular weight excluding hydrogens is 402 g/mol. The van der Waals surface area contributed by atoms with Gasteiger partial charge in [-0.15, -0.1) is 0 Å². The predicted octanol–water partition coefficient (Wildman–Crippen LogP) is 4.82. The van der Waals surface area contributed by atoms with Gasteiger partial charge in [-0.25, -0.2) is 14.8 Å². The Hall–Kier alpha value is -3.92. The van der Waals surface area contributed by atoms with Gasteiger partial charge in [0.05, 0.1) is 11.2 Å². The number of pyridine rings is 2. The van der Waals surface area contributed by atoms with Crippen LogP contribution in [-0.4, -0.2) is 19.1 Å². The van der Waals surface area contributed by atoms with Crippen LogP contribution in [0.2, 0.25) is 0 Å². The molecule has 0 aliphatic carbocycles. The number of nitriles is 1. The van der Waals surface area contributed by atoms with E-state index in [1.54, 1.807) is 34.5 Å². The number of aromatic nitrogens is 4. The van der Waals surface area contributed by atoms with Crippen LogP contribution < -0.4 is 10.4 Å². The monoisotopic (exact) mass is 427 g/mol. The average molecular weight is 428 g/mol. The molecule has 0 saturated carbocycles. The van der Waals surface area contributed by atoms with Gasteiger partial charge in [-0.1, -0.05) is 26.8 Å². The van der Waals surface area contributed by atoms with Crippen LogP contribution in [0.1, 0.15) is 32.0 Å². The Balaban J connectivity index is 1.75. The molecular formula is C25H25N5O2. The Bertz CT molecular complexity index is 1420. The van der Waals surface area contributed by atoms with Crippen molar-refractivity contribution < 1.29 is 4.74 Å². The number of rotatable bonds is 4. The third kappa shape index (κ3) is 4.12. The quantitative estimate of drug-likeness (QED) is 0.466. The van der Waals surface area contributed by atoms with Crippen molar-refractivity contribution >= 4 is 11.2 Å². The second-order valence-corrected chi connectivity index (χ2v) is 9.09. The van der Waals surface area contributed by atoms with Gasteiger partial charge in [0.2, 0.25) is 0 Å². The summed E-state index contributed by atoms with van der Waals surface area (Å²) in [6, 6.07) is 15.0. The van der Waals surface area contributed by atoms with E-state index in [1.165, 1.54) is 0 Å². The molecule has 4 rings (SSSR count). The second-order valence-electron chi connectivity index (χ2n) is 9.09. The Morgan fingerprint density at radius 3 is 2.56 bits per heavy atom. The standard InChI is InChI=1S/C25H25N5O2/c1-16-6-7-18(32-19-10-11-27-17(12-19)14-26)13-20(16)21-8-9-22-23(28-21)29(5)24(31)30(22)15-25(2,3)4/h6-13H,15H2,1-5H3. The summed E-state index contributed by atoms with van der Waals surface area (Å²) in [5.41, 5.74) is 4.37. The molecule has 0 aliphatic rings. The van der Waals surface area contributed by atoms with E-state index in [4.69, 9.17) is 15.0 Å². The van der Waals surface area contributed by atoms with E-state index in [0.29, 0.717) is 29.4 Å². The van der Waals surface area contributed by atoms with Gasteiger partial charge < -0.3 is 4.74 Å². The van der Waals surface area contributed by atoms with Crippen molar-refractivity contribution in [3.8, 4) is 28.8 Å². The second kappa shape index (κ2) is 7.97. The molecule has 3 heterocycles. The van der Waals surface area contributed by atoms with Gasteiger partial charge in [0.1, 0.15) is 23.3 Å². The van der Waals surface area contributed by atoms with E-state index < -0.39 is 0 Å². The van der Waals surface area contributed by atoms with Crippen molar-refractivity contribution in [1.82, 2.24) is 19.1 Å². The average Bonchev–Trinajstić information content (AvgIpc) is 2.98. The Kier molecular flexibility index (Phi) is 5.31. The number of fused-ring (bicyclic) bond motifs is 1. The molecule has 0 spiro atoms. The van der Waals surface area contributed by atoms with Crippen LogP contribution in [-0.2, 0) is 13.6 Å². The highest BCUT2D eigenvalue weighted by Gasteiger charge is 2.19. The zero-order valence-electron chi connectivity index (χ0n) is 18.9. The van der Waals surface area contributed by atoms with Crippen molar-refractivity contribution in [1.29, 1.82) is 5.26 Å². The first-order valence-electron chi connectivity index (χ1n) is 10.4. The van der Waals surface area contributed by atoms with Crippen molar-refractivity contribution in [3.05, 3.63) is 70.4 Å². The zero-order chi connectivity index (χ0) is 23.0. The van der Waals surface area contributed by atoms with Crippen LogP contribution in [0.5, 0.6) is 11.5 Å². The van der Waals surface area contributed by atoms with Gasteiger partial charge in [0.25, 0.3) is 0 Å². The molecule has 3 aromatic heterocycles. The molecule has 0 aliphatic heterocycles. The van der Waals surface area contributed by atoms with E-state index in [-0.39, 0.29) is 11.1 Å². The van der Waals surface area contributed by atoms with Crippen LogP contribution in [0, 0.1) is 23.7 Å². The van der Waals surface area contributed by atoms with Crippen LogP contribution in [0.25, 0.3) is 22.4 Å². The Morgan fingerprint density at radius 2 is 1.84 bits per heavy atom. The van der Waals surface area contributed by atoms with Gasteiger partial charge in [0, 0.05) is 31.4 Å². The molecule has 32 heavy (non-hydrogen) atoms. The lowest BCUT2D eigenvalue weighted by molar-refractivity contribution is 0.342. The third-order valence-corrected chi connectivity index (χ3v) is 5.18. The molecule has 0 bridgehead atoms. The summed E-state index contributed by atoms with van der Waals surface area (Å²) >= 11 is 0. The van der Waals surface area contributed by atoms with Crippen LogP contribution in [0.15, 0.2) is 53.5 Å². The first-order chi connectivity index (χ1) is 15.2. The molecule has 162 valence electrons. The highest BCUT2D eigenvalue weighted by molar-refractivity contribution is 5.77. The van der Waals surface area contributed by atoms with E-state index >= 15 is 0 Å². The fraction of sp³-hybridized carbons (Fsp3) is 0.280. The lowest BCUT2D eigenvalue weighted by Crippen LogP contribution is -2.27. The van der Waals surface area contributed by atoms with E-state index in [0.717, 1.165) is 22.3 Å². The molecule has 0 amide bonds. The predicted molar refractivity (Wildman–Crippen MR) is 124 cm³/mol. The molecule has 0 atom stereocenters. The van der Waals surface area contributed by atoms with Crippen molar-refractivity contribution in [2.24, 2.45) is 12.5 Å². The van der Waals surface area contributed by atoms with Gasteiger partial charge >= 0.3 is 5.69 Å². The Labute approximate surface area is 186 Å². The number of hydrogen-bond donors (Lipinski definition) is 0. The fourth-order valence-electron chi connectivity index (χ4n) is 3.66. The number of hydrogen-bond acceptors (Lipinski definition) is 5. The lowest BCUT2D eigenvalue weighted by Gasteiger charge is -2.18. The molecule has 0 N–H and O–H groups in total. The van der Waals surface area contributed by atoms with Gasteiger partial charge in [-0.2, -0.15) is 5.26 Å². The number of aryl methyl sites for hydroxylation is 2. The highest BCUT2D eigenvalue weighted by Crippen LogP contribution is 2.30. The number of imidazole rings is 1. The summed E-state index contributed by atoms with van der Waals surface area (Å²) in [6.45, 7) is 8.95. The molecule has 0 fully saturated rings. The summed E-state index contributed by atoms with van der Waals surface area (Å²) in [4.78, 5) is 21.6. The van der Waals surface area contributed by atoms with Crippen molar-refractivity contribution in [2.75, 3.05) is 0 Å². The largest absolute Gasteiger partial charge is 0.457 e. The third-order valence-electron chi connectivity index (χ3n) is 5.18. The maximum absolute atomic E-state index is 12.8. The number of nitrogens with zero attached hydrogens (tertiary/aromatic N) is 5. The first-order valence-corrected chi connectivity index (χ1v) is 10.4. The lowest BCUT2D eigenvalue weighted by atomic mass is 9.97. The van der Waals surface area contributed by atoms with E-state index in [1.807, 2.05) is 43.3 Å². The minimum Gasteiger partial charge on any atom is -0.457 e. The Morgan fingerprint density at radius 1 is 1.09 bits per heavy atom. The normalized spacial score (nSPS) is 11.5. The van der Waals surface area contributed by atoms with Crippen LogP contribution in [0.3, 0.4) is 0 Å². The molecule has 7 nitrogen and oxygen atoms in total. The van der Waals surface area contributed by atoms with E-state index in [2.05, 4.69) is 25.8 Å². The van der Waals surface area contributed by atoms with E-state index in [9.17, 15) is 4.79 Å². The number of ether oxygens (including phenoxy) is 1. The molecule has 4 aromatic rings. The maximum atomic E-state index is 12.8. The minimum atomic E-state index is -0.0700. The van der Waals surface area contributed by atoms with Crippen molar-refractivity contribution in [3.63, 3.8) is 0 Å². The SMILES string of the molecule is Cc1ccc(Oc2ccnc(C#N)c2)cc1-c1ccc2c(n1)n(C)c(=O)n2CC(C)(C)C. The van der Waals surface area contributed by atoms with Crippen molar-refractivity contribution in [2.45, 2.75) is 34.2 Å². The first kappa shape index (κ1) is 21.3. The van der Waals surface area contributed by atoms with Gasteiger partial charge in [0.15, 0.2) is 5.65 Å². The van der Waals surface area contributed by atoms with Crippen LogP contribution in [0.4, 0.5) is 0 Å². The van der Waals surface area contributed by atoms with Gasteiger partial charge in [-0.3, -0.25) is 9.13 Å². The molecule has 7 heteroatoms. The highest BCUT2D eigenvalue weighted by atomic mass is 16.5. The summed E-state index contributed by atoms with van der Waals surface area (Å²) in [7, 11) is 1.75. The topological polar surface area (TPSA) is 85.7 Å². The molecule has 0 radical (unpaired) electrons. The summed E-state index contributed by atoms with van der Waals surface area (Å²) in [6.07, 6.45) is 1.54. The number of benzene rings is 1. The molecule has 0 saturated heterocycles. The zero-order valence-corrected chi connectivity index (χ0v) is 18.9. The summed E-state index contributed by atoms with van der Waals surface area (Å²) in [5, 5.41) is 9.05. The van der Waals surface area contributed by atoms with Crippen LogP contribution >= 0.6 is 0 Å². The maximum Gasteiger partial charge on any atom is 0.330 e. The smallest absolute Gasteiger partial charge is 0.330 e. The summed E-state index contributed by atoms with van der Waals surface area (Å²) < 4.78 is 9.33. The molecule has 1 aromatic carbocycles. The summed E-state index contributed by atoms with van der Waals surface area (Å²) in [5.74, 6) is 1.16. The molecule has 0 unspecified atom stereocenters. The fourth-order valence-corrected chi connectivity index (χ4v) is 3.66.